The van der Waals surface area contributed by atoms with Gasteiger partial charge in [0.1, 0.15) is 0 Å². The van der Waals surface area contributed by atoms with Gasteiger partial charge in [-0.1, -0.05) is 338 Å². The Morgan fingerprint density at radius 2 is 0.554 bits per heavy atom. The Morgan fingerprint density at radius 3 is 0.838 bits per heavy atom. The fraction of sp³-hybridized carbons (Fsp3) is 0.746. The van der Waals surface area contributed by atoms with E-state index in [1.165, 1.54) is 294 Å². The number of aryl methyl sites for hydroxylation is 2. The summed E-state index contributed by atoms with van der Waals surface area (Å²) in [6.45, 7) is 8.97. The van der Waals surface area contributed by atoms with Crippen molar-refractivity contribution in [2.75, 3.05) is 0 Å². The van der Waals surface area contributed by atoms with Crippen molar-refractivity contribution >= 4 is 22.8 Å². The van der Waals surface area contributed by atoms with E-state index in [0.717, 1.165) is 54.9 Å². The zero-order valence-electron chi connectivity index (χ0n) is 49.8. The van der Waals surface area contributed by atoms with Gasteiger partial charge in [0, 0.05) is 16.5 Å². The van der Waals surface area contributed by atoms with E-state index in [0.29, 0.717) is 0 Å². The summed E-state index contributed by atoms with van der Waals surface area (Å²) in [4.78, 5) is 10.4. The van der Waals surface area contributed by atoms with Crippen LogP contribution in [0.3, 0.4) is 0 Å². The fourth-order valence-corrected chi connectivity index (χ4v) is 10.8. The number of hydrogen-bond donors (Lipinski definition) is 0. The summed E-state index contributed by atoms with van der Waals surface area (Å²) in [5.74, 6) is 0. The van der Waals surface area contributed by atoms with E-state index in [-0.39, 0.29) is 16.5 Å². The van der Waals surface area contributed by atoms with Crippen molar-refractivity contribution in [2.45, 2.75) is 342 Å². The first-order valence-corrected chi connectivity index (χ1v) is 32.8. The van der Waals surface area contributed by atoms with Crippen LogP contribution in [0.4, 0.5) is 11.4 Å². The average Bonchev–Trinajstić information content (AvgIpc) is 3.40. The van der Waals surface area contributed by atoms with Crippen molar-refractivity contribution in [3.05, 3.63) is 84.0 Å². The molecule has 0 N–H and O–H groups in total. The Hall–Kier alpha value is -2.25. The summed E-state index contributed by atoms with van der Waals surface area (Å²) in [5, 5.41) is 0. The van der Waals surface area contributed by atoms with Crippen molar-refractivity contribution in [3.63, 3.8) is 0 Å². The van der Waals surface area contributed by atoms with Gasteiger partial charge in [-0.15, -0.1) is 0 Å². The predicted molar refractivity (Wildman–Crippen MR) is 332 cm³/mol. The Morgan fingerprint density at radius 1 is 0.311 bits per heavy atom. The summed E-state index contributed by atoms with van der Waals surface area (Å²) in [7, 11) is 0. The topological polar surface area (TPSA) is 24.7 Å². The van der Waals surface area contributed by atoms with Crippen molar-refractivity contribution in [2.24, 2.45) is 9.98 Å². The van der Waals surface area contributed by atoms with Crippen LogP contribution in [0, 0.1) is 0 Å². The van der Waals surface area contributed by atoms with Gasteiger partial charge in [-0.2, -0.15) is 0 Å². The fourth-order valence-electron chi connectivity index (χ4n) is 10.8. The minimum Gasteiger partial charge on any atom is -0.252 e. The molecule has 426 valence electrons. The zero-order valence-corrected chi connectivity index (χ0v) is 50.8. The number of aliphatic imine (C=N–C) groups is 2. The number of allylic oxidation sites excluding steroid dienone is 4. The zero-order chi connectivity index (χ0) is 52.0. The third kappa shape index (κ3) is 42.8. The largest absolute Gasteiger partial charge is 0.252 e. The van der Waals surface area contributed by atoms with Crippen LogP contribution < -0.4 is 0 Å². The van der Waals surface area contributed by atoms with Gasteiger partial charge in [-0.05, 0) is 88.0 Å². The van der Waals surface area contributed by atoms with Gasteiger partial charge in [0.2, 0.25) is 0 Å². The normalized spacial score (nSPS) is 12.2. The molecule has 0 saturated heterocycles. The Labute approximate surface area is 472 Å². The second-order valence-corrected chi connectivity index (χ2v) is 22.6. The molecular weight excluding hydrogens is 939 g/mol. The summed E-state index contributed by atoms with van der Waals surface area (Å²) in [6, 6.07) is 17.5. The first-order chi connectivity index (χ1) is 36.2. The maximum absolute atomic E-state index is 5.23. The summed E-state index contributed by atoms with van der Waals surface area (Å²) in [6.07, 6.45) is 77.7. The minimum absolute atomic E-state index is 0. The molecule has 2 aromatic carbocycles. The Balaban J connectivity index is 0.0000274. The summed E-state index contributed by atoms with van der Waals surface area (Å²) in [5.41, 5.74) is 6.96. The van der Waals surface area contributed by atoms with Gasteiger partial charge in [0.05, 0.1) is 22.8 Å². The van der Waals surface area contributed by atoms with E-state index in [9.17, 15) is 0 Å². The molecule has 0 aliphatic rings. The number of unbranched alkanes of at least 4 members (excludes halogenated alkanes) is 42. The van der Waals surface area contributed by atoms with E-state index in [4.69, 9.17) is 9.98 Å². The molecule has 0 amide bonds. The summed E-state index contributed by atoms with van der Waals surface area (Å²) < 4.78 is 0. The molecule has 2 nitrogen and oxygen atoms in total. The van der Waals surface area contributed by atoms with Gasteiger partial charge in [0.15, 0.2) is 0 Å². The molecule has 2 rings (SSSR count). The summed E-state index contributed by atoms with van der Waals surface area (Å²) >= 11 is 0. The molecule has 3 heteroatoms. The monoisotopic (exact) mass is 1060 g/mol. The molecule has 0 bridgehead atoms. The maximum atomic E-state index is 5.23. The molecular formula is C71H122N2Ni. The molecule has 0 aliphatic carbocycles. The maximum Gasteiger partial charge on any atom is 0.0665 e. The smallest absolute Gasteiger partial charge is 0.0665 e. The molecule has 0 aliphatic heterocycles. The van der Waals surface area contributed by atoms with E-state index < -0.39 is 0 Å². The molecule has 0 heterocycles. The van der Waals surface area contributed by atoms with E-state index in [1.807, 2.05) is 0 Å². The van der Waals surface area contributed by atoms with Crippen LogP contribution in [0.25, 0.3) is 0 Å². The Bertz CT molecular complexity index is 1600. The van der Waals surface area contributed by atoms with Crippen molar-refractivity contribution in [1.29, 1.82) is 0 Å². The number of nitrogens with zero attached hydrogens (tertiary/aromatic N) is 2. The first-order valence-electron chi connectivity index (χ1n) is 32.8. The van der Waals surface area contributed by atoms with Gasteiger partial charge in [0.25, 0.3) is 0 Å². The van der Waals surface area contributed by atoms with Crippen molar-refractivity contribution in [1.82, 2.24) is 0 Å². The quantitative estimate of drug-likeness (QED) is 0.0273. The van der Waals surface area contributed by atoms with Gasteiger partial charge >= 0.3 is 0 Å². The molecule has 0 aromatic heterocycles. The van der Waals surface area contributed by atoms with Gasteiger partial charge < -0.3 is 0 Å². The SMILES string of the molecule is CCCCCCCCCCCCCCCCCCCCCCCC=CCCc1ccccc1N=C(C)C(CC)=Nc1ccccc1CCC=CCCCCCCCCCCCCCCCCCCCCCCC.[Ni]. The molecule has 0 spiro atoms. The number of rotatable bonds is 54. The second kappa shape index (κ2) is 55.5. The average molecular weight is 1060 g/mol. The van der Waals surface area contributed by atoms with Crippen LogP contribution in [0.15, 0.2) is 82.8 Å². The predicted octanol–water partition coefficient (Wildman–Crippen LogP) is 25.1. The number of para-hydroxylation sites is 2. The van der Waals surface area contributed by atoms with E-state index >= 15 is 0 Å². The molecule has 2 aromatic rings. The van der Waals surface area contributed by atoms with Gasteiger partial charge in [-0.25, -0.2) is 0 Å². The van der Waals surface area contributed by atoms with Crippen LogP contribution in [-0.4, -0.2) is 11.4 Å². The molecule has 0 atom stereocenters. The third-order valence-electron chi connectivity index (χ3n) is 15.7. The standard InChI is InChI=1S/C71H122N2.Ni/c1-5-8-10-12-14-16-18-20-22-24-26-28-30-32-34-36-38-40-42-44-46-48-50-52-54-60-67-62-56-58-64-70(67)72-66(4)69(7-3)73-71-65-59-57-63-68(71)61-55-53-51-49-47-45-43-41-39-37-35-33-31-29-27-25-23-21-19-17-15-13-11-9-6-2;/h50-53,56-59,62-65H,5-49,54-55,60-61H2,1-4H3;. The number of benzene rings is 2. The third-order valence-corrected chi connectivity index (χ3v) is 15.7. The first kappa shape index (κ1) is 69.8. The molecule has 0 radical (unpaired) electrons. The molecule has 74 heavy (non-hydrogen) atoms. The number of hydrogen-bond acceptors (Lipinski definition) is 2. The molecule has 0 fully saturated rings. The van der Waals surface area contributed by atoms with Crippen LogP contribution in [0.1, 0.15) is 341 Å². The second-order valence-electron chi connectivity index (χ2n) is 22.6. The van der Waals surface area contributed by atoms with Gasteiger partial charge in [-0.3, -0.25) is 9.98 Å². The van der Waals surface area contributed by atoms with Crippen LogP contribution in [0.2, 0.25) is 0 Å². The van der Waals surface area contributed by atoms with Crippen LogP contribution in [-0.2, 0) is 29.3 Å². The van der Waals surface area contributed by atoms with E-state index in [2.05, 4.69) is 101 Å². The Kier molecular flexibility index (Phi) is 52.3. The minimum atomic E-state index is 0. The van der Waals surface area contributed by atoms with Crippen LogP contribution >= 0.6 is 0 Å². The van der Waals surface area contributed by atoms with Crippen molar-refractivity contribution in [3.8, 4) is 0 Å². The molecule has 0 saturated carbocycles. The van der Waals surface area contributed by atoms with E-state index in [1.54, 1.807) is 0 Å². The van der Waals surface area contributed by atoms with Crippen LogP contribution in [0.5, 0.6) is 0 Å². The van der Waals surface area contributed by atoms with Crippen molar-refractivity contribution < 1.29 is 16.5 Å². The molecule has 0 unspecified atom stereocenters.